The van der Waals surface area contributed by atoms with Crippen molar-refractivity contribution in [3.8, 4) is 22.6 Å². The molecule has 40 heavy (non-hydrogen) atoms. The Morgan fingerprint density at radius 3 is 2.38 bits per heavy atom. The molecule has 1 saturated heterocycles. The summed E-state index contributed by atoms with van der Waals surface area (Å²) in [6.07, 6.45) is 9.10. The number of carbonyl (C=O) groups excluding carboxylic acids is 1. The lowest BCUT2D eigenvalue weighted by Gasteiger charge is -2.39. The molecule has 3 aromatic rings. The number of ether oxygens (including phenoxy) is 2. The minimum atomic E-state index is -2.99. The van der Waals surface area contributed by atoms with Crippen LogP contribution in [0.25, 0.3) is 11.1 Å². The van der Waals surface area contributed by atoms with E-state index in [1.165, 1.54) is 51.3 Å². The zero-order valence-electron chi connectivity index (χ0n) is 23.0. The van der Waals surface area contributed by atoms with Gasteiger partial charge in [-0.3, -0.25) is 4.79 Å². The number of amides is 1. The first-order chi connectivity index (χ1) is 19.5. The summed E-state index contributed by atoms with van der Waals surface area (Å²) in [5.74, 6) is 0.390. The minimum Gasteiger partial charge on any atom is -0.493 e. The van der Waals surface area contributed by atoms with Crippen molar-refractivity contribution in [2.45, 2.75) is 70.1 Å². The molecule has 0 spiro atoms. The number of alkyl halides is 2. The van der Waals surface area contributed by atoms with E-state index in [-0.39, 0.29) is 29.5 Å². The van der Waals surface area contributed by atoms with E-state index in [1.807, 2.05) is 35.2 Å². The molecule has 0 bridgehead atoms. The molecular formula is C33H38F2N2O3. The summed E-state index contributed by atoms with van der Waals surface area (Å²) in [6, 6.07) is 22.9. The van der Waals surface area contributed by atoms with Gasteiger partial charge in [0.05, 0.1) is 13.2 Å². The molecule has 7 heteroatoms. The first-order valence-corrected chi connectivity index (χ1v) is 14.4. The maximum atomic E-state index is 14.5. The van der Waals surface area contributed by atoms with Gasteiger partial charge in [-0.15, -0.1) is 0 Å². The fourth-order valence-electron chi connectivity index (χ4n) is 6.31. The maximum absolute atomic E-state index is 14.5. The van der Waals surface area contributed by atoms with Crippen LogP contribution in [0.3, 0.4) is 0 Å². The topological polar surface area (TPSA) is 50.8 Å². The van der Waals surface area contributed by atoms with Crippen LogP contribution in [-0.2, 0) is 0 Å². The molecule has 0 aromatic heterocycles. The van der Waals surface area contributed by atoms with Crippen LogP contribution in [0.2, 0.25) is 0 Å². The molecule has 5 rings (SSSR count). The van der Waals surface area contributed by atoms with Crippen molar-refractivity contribution in [3.05, 3.63) is 78.4 Å². The largest absolute Gasteiger partial charge is 0.493 e. The van der Waals surface area contributed by atoms with Gasteiger partial charge in [-0.2, -0.15) is 8.78 Å². The van der Waals surface area contributed by atoms with Gasteiger partial charge in [-0.05, 0) is 73.2 Å². The Morgan fingerprint density at radius 2 is 1.68 bits per heavy atom. The van der Waals surface area contributed by atoms with Crippen LogP contribution in [0.5, 0.6) is 11.5 Å². The summed E-state index contributed by atoms with van der Waals surface area (Å²) < 4.78 is 35.9. The molecule has 0 radical (unpaired) electrons. The summed E-state index contributed by atoms with van der Waals surface area (Å²) in [4.78, 5) is 16.4. The summed E-state index contributed by atoms with van der Waals surface area (Å²) >= 11 is 0. The van der Waals surface area contributed by atoms with E-state index in [9.17, 15) is 13.6 Å². The second-order valence-electron chi connectivity index (χ2n) is 10.8. The van der Waals surface area contributed by atoms with E-state index < -0.39 is 6.61 Å². The molecule has 2 atom stereocenters. The van der Waals surface area contributed by atoms with E-state index in [1.54, 1.807) is 6.07 Å². The van der Waals surface area contributed by atoms with E-state index >= 15 is 0 Å². The molecule has 2 fully saturated rings. The molecule has 1 amide bonds. The maximum Gasteiger partial charge on any atom is 0.387 e. The van der Waals surface area contributed by atoms with Gasteiger partial charge >= 0.3 is 6.61 Å². The van der Waals surface area contributed by atoms with Crippen LogP contribution in [0.15, 0.2) is 72.8 Å². The molecule has 2 aliphatic rings. The predicted molar refractivity (Wildman–Crippen MR) is 154 cm³/mol. The Hall–Kier alpha value is -3.45. The van der Waals surface area contributed by atoms with Crippen molar-refractivity contribution >= 4 is 11.6 Å². The number of anilines is 1. The number of halogens is 2. The highest BCUT2D eigenvalue weighted by Gasteiger charge is 2.36. The Kier molecular flexibility index (Phi) is 9.32. The SMILES string of the molecule is COc1cc(C(=O)N(c2cccc(-c3ccccc3)c2)C(CC2CCCCC2)C2CCCN2)ccc1OC(F)F. The third-order valence-electron chi connectivity index (χ3n) is 8.27. The fraction of sp³-hybridized carbons (Fsp3) is 0.424. The quantitative estimate of drug-likeness (QED) is 0.282. The van der Waals surface area contributed by atoms with Gasteiger partial charge in [0.15, 0.2) is 11.5 Å². The lowest BCUT2D eigenvalue weighted by molar-refractivity contribution is -0.0512. The molecule has 1 N–H and O–H groups in total. The molecule has 1 aliphatic carbocycles. The number of hydrogen-bond acceptors (Lipinski definition) is 4. The van der Waals surface area contributed by atoms with Crippen LogP contribution in [-0.4, -0.2) is 38.3 Å². The van der Waals surface area contributed by atoms with E-state index in [0.29, 0.717) is 11.5 Å². The molecule has 5 nitrogen and oxygen atoms in total. The molecule has 212 valence electrons. The molecule has 1 saturated carbocycles. The van der Waals surface area contributed by atoms with E-state index in [2.05, 4.69) is 34.3 Å². The number of carbonyl (C=O) groups is 1. The van der Waals surface area contributed by atoms with Gasteiger partial charge < -0.3 is 19.7 Å². The number of nitrogens with one attached hydrogen (secondary N) is 1. The minimum absolute atomic E-state index is 0.0490. The van der Waals surface area contributed by atoms with Crippen LogP contribution in [0.4, 0.5) is 14.5 Å². The van der Waals surface area contributed by atoms with Crippen molar-refractivity contribution in [1.29, 1.82) is 0 Å². The summed E-state index contributed by atoms with van der Waals surface area (Å²) in [6.45, 7) is -2.05. The Labute approximate surface area is 235 Å². The first-order valence-electron chi connectivity index (χ1n) is 14.4. The fourth-order valence-corrected chi connectivity index (χ4v) is 6.31. The number of nitrogens with zero attached hydrogens (tertiary/aromatic N) is 1. The Balaban J connectivity index is 1.57. The number of benzene rings is 3. The smallest absolute Gasteiger partial charge is 0.387 e. The molecular weight excluding hydrogens is 510 g/mol. The molecule has 3 aromatic carbocycles. The van der Waals surface area contributed by atoms with Crippen LogP contribution < -0.4 is 19.7 Å². The van der Waals surface area contributed by atoms with Crippen LogP contribution in [0.1, 0.15) is 61.7 Å². The van der Waals surface area contributed by atoms with Crippen molar-refractivity contribution in [2.24, 2.45) is 5.92 Å². The lowest BCUT2D eigenvalue weighted by Crippen LogP contribution is -2.51. The summed E-state index contributed by atoms with van der Waals surface area (Å²) in [5.41, 5.74) is 3.31. The van der Waals surface area contributed by atoms with E-state index in [0.717, 1.165) is 42.6 Å². The zero-order valence-corrected chi connectivity index (χ0v) is 23.0. The highest BCUT2D eigenvalue weighted by molar-refractivity contribution is 6.07. The van der Waals surface area contributed by atoms with Gasteiger partial charge in [0.1, 0.15) is 0 Å². The Bertz CT molecular complexity index is 1260. The normalized spacial score (nSPS) is 18.4. The average molecular weight is 549 g/mol. The van der Waals surface area contributed by atoms with Crippen molar-refractivity contribution in [1.82, 2.24) is 5.32 Å². The van der Waals surface area contributed by atoms with Gasteiger partial charge in [-0.25, -0.2) is 0 Å². The third kappa shape index (κ3) is 6.64. The van der Waals surface area contributed by atoms with Gasteiger partial charge in [-0.1, -0.05) is 74.6 Å². The van der Waals surface area contributed by atoms with Gasteiger partial charge in [0.25, 0.3) is 5.91 Å². The van der Waals surface area contributed by atoms with Crippen molar-refractivity contribution in [3.63, 3.8) is 0 Å². The Morgan fingerprint density at radius 1 is 0.900 bits per heavy atom. The first kappa shape index (κ1) is 28.1. The van der Waals surface area contributed by atoms with E-state index in [4.69, 9.17) is 4.74 Å². The second-order valence-corrected chi connectivity index (χ2v) is 10.8. The second kappa shape index (κ2) is 13.3. The molecule has 1 heterocycles. The highest BCUT2D eigenvalue weighted by Crippen LogP contribution is 2.36. The highest BCUT2D eigenvalue weighted by atomic mass is 19.3. The van der Waals surface area contributed by atoms with Gasteiger partial charge in [0, 0.05) is 17.3 Å². The average Bonchev–Trinajstić information content (AvgIpc) is 3.53. The number of methoxy groups -OCH3 is 1. The van der Waals surface area contributed by atoms with Crippen LogP contribution >= 0.6 is 0 Å². The van der Waals surface area contributed by atoms with Crippen molar-refractivity contribution < 1.29 is 23.0 Å². The molecule has 2 unspecified atom stereocenters. The van der Waals surface area contributed by atoms with Crippen molar-refractivity contribution in [2.75, 3.05) is 18.6 Å². The van der Waals surface area contributed by atoms with Crippen LogP contribution in [0, 0.1) is 5.92 Å². The molecule has 1 aliphatic heterocycles. The zero-order chi connectivity index (χ0) is 27.9. The summed E-state index contributed by atoms with van der Waals surface area (Å²) in [7, 11) is 1.39. The number of hydrogen-bond donors (Lipinski definition) is 1. The van der Waals surface area contributed by atoms with Gasteiger partial charge in [0.2, 0.25) is 0 Å². The lowest BCUT2D eigenvalue weighted by atomic mass is 9.82. The number of rotatable bonds is 10. The monoisotopic (exact) mass is 548 g/mol. The third-order valence-corrected chi connectivity index (χ3v) is 8.27. The standard InChI is InChI=1S/C33H38F2N2O3/c1-39-31-22-26(17-18-30(31)40-33(34)35)32(38)37(27-15-8-14-25(21-27)24-12-6-3-7-13-24)29(28-16-9-19-36-28)20-23-10-4-2-5-11-23/h3,6-8,12-15,17-18,21-23,28-29,33,36H,2,4-5,9-11,16,19-20H2,1H3. The summed E-state index contributed by atoms with van der Waals surface area (Å²) in [5, 5.41) is 3.68. The predicted octanol–water partition coefficient (Wildman–Crippen LogP) is 7.70.